The normalized spacial score (nSPS) is 12.6. The quantitative estimate of drug-likeness (QED) is 0.756. The van der Waals surface area contributed by atoms with E-state index in [1.807, 2.05) is 0 Å². The molecule has 8 heteroatoms. The van der Waals surface area contributed by atoms with Gasteiger partial charge in [0.1, 0.15) is 5.60 Å². The minimum atomic E-state index is -3.87. The summed E-state index contributed by atoms with van der Waals surface area (Å²) in [5.74, 6) is 0. The van der Waals surface area contributed by atoms with Crippen molar-refractivity contribution in [2.45, 2.75) is 31.3 Å². The average Bonchev–Trinajstić information content (AvgIpc) is 2.67. The lowest BCUT2D eigenvalue weighted by Crippen LogP contribution is -2.27. The maximum absolute atomic E-state index is 12.0. The van der Waals surface area contributed by atoms with E-state index in [9.17, 15) is 13.2 Å². The summed E-state index contributed by atoms with van der Waals surface area (Å²) >= 11 is 0. The number of hydrogen-bond acceptors (Lipinski definition) is 5. The Morgan fingerprint density at radius 1 is 1.35 bits per heavy atom. The van der Waals surface area contributed by atoms with Gasteiger partial charge in [0.05, 0.1) is 16.6 Å². The summed E-state index contributed by atoms with van der Waals surface area (Å²) in [5.41, 5.74) is -0.355. The average molecular weight is 317 g/mol. The molecule has 2 rings (SSSR count). The molecule has 6 nitrogen and oxygen atoms in total. The van der Waals surface area contributed by atoms with Crippen molar-refractivity contribution in [3.8, 4) is 0 Å². The molecule has 0 aliphatic carbocycles. The van der Waals surface area contributed by atoms with Crippen LogP contribution >= 0.6 is 10.7 Å². The second-order valence-corrected chi connectivity index (χ2v) is 7.76. The highest BCUT2D eigenvalue weighted by Crippen LogP contribution is 2.22. The molecule has 0 aliphatic heterocycles. The van der Waals surface area contributed by atoms with E-state index in [2.05, 4.69) is 5.10 Å². The molecule has 20 heavy (non-hydrogen) atoms. The second-order valence-electron chi connectivity index (χ2n) is 5.20. The van der Waals surface area contributed by atoms with Crippen LogP contribution < -0.4 is 0 Å². The number of aromatic nitrogens is 2. The smallest absolute Gasteiger partial charge is 0.435 e. The van der Waals surface area contributed by atoms with Gasteiger partial charge in [0.15, 0.2) is 0 Å². The molecule has 0 radical (unpaired) electrons. The zero-order chi connectivity index (χ0) is 15.1. The van der Waals surface area contributed by atoms with E-state index in [-0.39, 0.29) is 4.90 Å². The van der Waals surface area contributed by atoms with Crippen LogP contribution in [0.2, 0.25) is 0 Å². The first-order valence-corrected chi connectivity index (χ1v) is 8.05. The van der Waals surface area contributed by atoms with E-state index in [1.54, 1.807) is 20.8 Å². The summed E-state index contributed by atoms with van der Waals surface area (Å²) in [5, 5.41) is 4.52. The van der Waals surface area contributed by atoms with Gasteiger partial charge in [-0.2, -0.15) is 9.78 Å². The highest BCUT2D eigenvalue weighted by molar-refractivity contribution is 8.13. The van der Waals surface area contributed by atoms with Crippen molar-refractivity contribution in [2.24, 2.45) is 0 Å². The van der Waals surface area contributed by atoms with E-state index < -0.39 is 20.7 Å². The molecule has 0 saturated heterocycles. The Balaban J connectivity index is 2.53. The molecule has 0 N–H and O–H groups in total. The first kappa shape index (κ1) is 14.8. The molecule has 0 fully saturated rings. The van der Waals surface area contributed by atoms with Crippen molar-refractivity contribution in [1.82, 2.24) is 9.78 Å². The van der Waals surface area contributed by atoms with E-state index in [1.165, 1.54) is 24.4 Å². The van der Waals surface area contributed by atoms with Crippen LogP contribution in [-0.4, -0.2) is 29.9 Å². The molecule has 0 atom stereocenters. The van der Waals surface area contributed by atoms with Crippen molar-refractivity contribution >= 4 is 36.7 Å². The molecule has 2 aromatic rings. The third kappa shape index (κ3) is 3.10. The van der Waals surface area contributed by atoms with Crippen molar-refractivity contribution in [3.63, 3.8) is 0 Å². The highest BCUT2D eigenvalue weighted by atomic mass is 35.7. The SMILES string of the molecule is CC(C)(C)OC(=O)n1ncc2ccc(S(=O)(=O)Cl)cc21. The van der Waals surface area contributed by atoms with Crippen LogP contribution in [0.25, 0.3) is 10.9 Å². The molecule has 1 aromatic heterocycles. The van der Waals surface area contributed by atoms with Crippen molar-refractivity contribution < 1.29 is 17.9 Å². The molecule has 0 bridgehead atoms. The molecule has 1 heterocycles. The molecule has 1 aromatic carbocycles. The largest absolute Gasteiger partial charge is 0.442 e. The van der Waals surface area contributed by atoms with Crippen LogP contribution in [0.5, 0.6) is 0 Å². The summed E-state index contributed by atoms with van der Waals surface area (Å²) in [7, 11) is 1.42. The number of nitrogens with zero attached hydrogens (tertiary/aromatic N) is 2. The van der Waals surface area contributed by atoms with Crippen molar-refractivity contribution in [3.05, 3.63) is 24.4 Å². The van der Waals surface area contributed by atoms with E-state index in [0.29, 0.717) is 10.9 Å². The van der Waals surface area contributed by atoms with Gasteiger partial charge in [-0.05, 0) is 39.0 Å². The fourth-order valence-electron chi connectivity index (χ4n) is 1.60. The Morgan fingerprint density at radius 2 is 2.00 bits per heavy atom. The summed E-state index contributed by atoms with van der Waals surface area (Å²) in [6, 6.07) is 4.17. The summed E-state index contributed by atoms with van der Waals surface area (Å²) < 4.78 is 28.9. The Bertz CT molecular complexity index is 774. The van der Waals surface area contributed by atoms with Gasteiger partial charge in [-0.15, -0.1) is 0 Å². The number of carbonyl (C=O) groups is 1. The lowest BCUT2D eigenvalue weighted by molar-refractivity contribution is 0.0522. The topological polar surface area (TPSA) is 78.3 Å². The summed E-state index contributed by atoms with van der Waals surface area (Å²) in [4.78, 5) is 11.9. The number of rotatable bonds is 1. The van der Waals surface area contributed by atoms with Crippen LogP contribution in [0.15, 0.2) is 29.3 Å². The van der Waals surface area contributed by atoms with Gasteiger partial charge < -0.3 is 4.74 Å². The van der Waals surface area contributed by atoms with Crippen LogP contribution in [0.4, 0.5) is 4.79 Å². The Labute approximate surface area is 120 Å². The van der Waals surface area contributed by atoms with Gasteiger partial charge in [-0.1, -0.05) is 0 Å². The van der Waals surface area contributed by atoms with E-state index in [4.69, 9.17) is 15.4 Å². The predicted molar refractivity (Wildman–Crippen MR) is 74.4 cm³/mol. The number of carbonyl (C=O) groups excluding carboxylic acids is 1. The summed E-state index contributed by atoms with van der Waals surface area (Å²) in [6.07, 6.45) is 0.765. The summed E-state index contributed by atoms with van der Waals surface area (Å²) in [6.45, 7) is 5.18. The Kier molecular flexibility index (Phi) is 3.51. The first-order chi connectivity index (χ1) is 9.08. The molecule has 0 amide bonds. The van der Waals surface area contributed by atoms with Gasteiger partial charge >= 0.3 is 6.09 Å². The molecule has 0 aliphatic rings. The maximum Gasteiger partial charge on any atom is 0.435 e. The minimum Gasteiger partial charge on any atom is -0.442 e. The van der Waals surface area contributed by atoms with Crippen molar-refractivity contribution in [1.29, 1.82) is 0 Å². The van der Waals surface area contributed by atoms with Gasteiger partial charge in [-0.25, -0.2) is 13.2 Å². The van der Waals surface area contributed by atoms with Crippen LogP contribution in [0.3, 0.4) is 0 Å². The number of hydrogen-bond donors (Lipinski definition) is 0. The van der Waals surface area contributed by atoms with Crippen LogP contribution in [0, 0.1) is 0 Å². The lowest BCUT2D eigenvalue weighted by atomic mass is 10.2. The van der Waals surface area contributed by atoms with E-state index in [0.717, 1.165) is 4.68 Å². The number of ether oxygens (including phenoxy) is 1. The van der Waals surface area contributed by atoms with Crippen LogP contribution in [0.1, 0.15) is 20.8 Å². The second kappa shape index (κ2) is 4.75. The third-order valence-corrected chi connectivity index (χ3v) is 3.74. The van der Waals surface area contributed by atoms with Crippen molar-refractivity contribution in [2.75, 3.05) is 0 Å². The zero-order valence-electron chi connectivity index (χ0n) is 11.1. The number of halogens is 1. The van der Waals surface area contributed by atoms with Gasteiger partial charge in [0, 0.05) is 16.1 Å². The lowest BCUT2D eigenvalue weighted by Gasteiger charge is -2.19. The molecular formula is C12H13ClN2O4S. The third-order valence-electron chi connectivity index (χ3n) is 2.39. The molecule has 0 spiro atoms. The van der Waals surface area contributed by atoms with Gasteiger partial charge in [0.25, 0.3) is 9.05 Å². The number of benzene rings is 1. The first-order valence-electron chi connectivity index (χ1n) is 5.74. The fourth-order valence-corrected chi connectivity index (χ4v) is 2.37. The van der Waals surface area contributed by atoms with Gasteiger partial charge in [-0.3, -0.25) is 0 Å². The minimum absolute atomic E-state index is 0.100. The highest BCUT2D eigenvalue weighted by Gasteiger charge is 2.21. The fraction of sp³-hybridized carbons (Fsp3) is 0.333. The van der Waals surface area contributed by atoms with Gasteiger partial charge in [0.2, 0.25) is 0 Å². The molecule has 0 saturated carbocycles. The predicted octanol–water partition coefficient (Wildman–Crippen LogP) is 2.75. The van der Waals surface area contributed by atoms with Crippen LogP contribution in [-0.2, 0) is 13.8 Å². The number of fused-ring (bicyclic) bond motifs is 1. The Morgan fingerprint density at radius 3 is 2.55 bits per heavy atom. The molecular weight excluding hydrogens is 304 g/mol. The standard InChI is InChI=1S/C12H13ClN2O4S/c1-12(2,3)19-11(16)15-10-6-9(20(13,17)18)5-4-8(10)7-14-15/h4-7H,1-3H3. The molecule has 108 valence electrons. The Hall–Kier alpha value is -1.60. The maximum atomic E-state index is 12.0. The molecule has 0 unspecified atom stereocenters. The van der Waals surface area contributed by atoms with E-state index >= 15 is 0 Å². The zero-order valence-corrected chi connectivity index (χ0v) is 12.7. The monoisotopic (exact) mass is 316 g/mol.